The van der Waals surface area contributed by atoms with Crippen LogP contribution in [-0.4, -0.2) is 30.1 Å². The van der Waals surface area contributed by atoms with Crippen LogP contribution in [0.3, 0.4) is 0 Å². The van der Waals surface area contributed by atoms with Gasteiger partial charge in [-0.1, -0.05) is 36.7 Å². The number of rotatable bonds is 5. The molecule has 2 nitrogen and oxygen atoms in total. The van der Waals surface area contributed by atoms with Crippen molar-refractivity contribution < 1.29 is 0 Å². The third kappa shape index (κ3) is 4.40. The highest BCUT2D eigenvalue weighted by Gasteiger charge is 2.21. The van der Waals surface area contributed by atoms with Gasteiger partial charge in [0, 0.05) is 46.8 Å². The van der Waals surface area contributed by atoms with Crippen LogP contribution in [0.1, 0.15) is 32.8 Å². The van der Waals surface area contributed by atoms with E-state index in [0.717, 1.165) is 18.3 Å². The lowest BCUT2D eigenvalue weighted by molar-refractivity contribution is 0.587. The summed E-state index contributed by atoms with van der Waals surface area (Å²) in [6, 6.07) is 7.20. The van der Waals surface area contributed by atoms with Gasteiger partial charge in [0.05, 0.1) is 0 Å². The molecule has 2 rings (SSSR count). The molecule has 20 heavy (non-hydrogen) atoms. The summed E-state index contributed by atoms with van der Waals surface area (Å²) in [6.45, 7) is 9.97. The molecule has 0 saturated carbocycles. The van der Waals surface area contributed by atoms with Gasteiger partial charge < -0.3 is 10.2 Å². The second kappa shape index (κ2) is 7.71. The minimum absolute atomic E-state index is 0.516. The Morgan fingerprint density at radius 2 is 2.25 bits per heavy atom. The van der Waals surface area contributed by atoms with Crippen LogP contribution < -0.4 is 10.2 Å². The van der Waals surface area contributed by atoms with Crippen molar-refractivity contribution in [3.63, 3.8) is 0 Å². The van der Waals surface area contributed by atoms with Crippen molar-refractivity contribution in [3.05, 3.63) is 28.2 Å². The van der Waals surface area contributed by atoms with Crippen molar-refractivity contribution in [2.45, 2.75) is 45.0 Å². The molecule has 0 bridgehead atoms. The average molecular weight is 357 g/mol. The zero-order valence-corrected chi connectivity index (χ0v) is 15.1. The first-order valence-corrected chi connectivity index (χ1v) is 9.32. The van der Waals surface area contributed by atoms with Crippen LogP contribution in [0.4, 0.5) is 5.69 Å². The summed E-state index contributed by atoms with van der Waals surface area (Å²) < 4.78 is 1.17. The molecule has 1 aromatic carbocycles. The fraction of sp³-hybridized carbons (Fsp3) is 0.625. The number of hydrogen-bond donors (Lipinski definition) is 1. The lowest BCUT2D eigenvalue weighted by atomic mass is 10.1. The fourth-order valence-corrected chi connectivity index (χ4v) is 4.09. The van der Waals surface area contributed by atoms with Gasteiger partial charge >= 0.3 is 0 Å². The molecule has 1 aliphatic heterocycles. The quantitative estimate of drug-likeness (QED) is 0.847. The Bertz CT molecular complexity index is 436. The lowest BCUT2D eigenvalue weighted by Crippen LogP contribution is -2.38. The zero-order valence-electron chi connectivity index (χ0n) is 12.7. The van der Waals surface area contributed by atoms with Gasteiger partial charge in [0.25, 0.3) is 0 Å². The Morgan fingerprint density at radius 3 is 2.95 bits per heavy atom. The normalized spacial score (nSPS) is 19.6. The Morgan fingerprint density at radius 1 is 1.45 bits per heavy atom. The van der Waals surface area contributed by atoms with Gasteiger partial charge in [0.2, 0.25) is 0 Å². The van der Waals surface area contributed by atoms with E-state index in [0.29, 0.717) is 6.04 Å². The van der Waals surface area contributed by atoms with Gasteiger partial charge in [-0.05, 0) is 30.2 Å². The fourth-order valence-electron chi connectivity index (χ4n) is 2.50. The third-order valence-electron chi connectivity index (χ3n) is 3.68. The number of anilines is 1. The standard InChI is InChI=1S/C16H25BrN2S/c1-4-15-11-19(7-8-20-15)16-6-5-14(17)9-13(16)10-18-12(2)3/h5-6,9,12,15,18H,4,7-8,10-11H2,1-3H3. The molecule has 1 aromatic rings. The largest absolute Gasteiger partial charge is 0.369 e. The van der Waals surface area contributed by atoms with Gasteiger partial charge in [-0.25, -0.2) is 0 Å². The zero-order chi connectivity index (χ0) is 14.5. The highest BCUT2D eigenvalue weighted by Crippen LogP contribution is 2.30. The van der Waals surface area contributed by atoms with E-state index in [9.17, 15) is 0 Å². The lowest BCUT2D eigenvalue weighted by Gasteiger charge is -2.35. The van der Waals surface area contributed by atoms with Crippen LogP contribution >= 0.6 is 27.7 Å². The van der Waals surface area contributed by atoms with Crippen molar-refractivity contribution in [3.8, 4) is 0 Å². The van der Waals surface area contributed by atoms with Crippen molar-refractivity contribution in [1.82, 2.24) is 5.32 Å². The number of benzene rings is 1. The predicted molar refractivity (Wildman–Crippen MR) is 94.9 cm³/mol. The topological polar surface area (TPSA) is 15.3 Å². The molecule has 0 radical (unpaired) electrons. The summed E-state index contributed by atoms with van der Waals surface area (Å²) in [7, 11) is 0. The Labute approximate surface area is 135 Å². The van der Waals surface area contributed by atoms with Gasteiger partial charge in [-0.2, -0.15) is 11.8 Å². The maximum atomic E-state index is 3.60. The van der Waals surface area contributed by atoms with E-state index in [1.165, 1.54) is 34.4 Å². The van der Waals surface area contributed by atoms with E-state index in [4.69, 9.17) is 0 Å². The summed E-state index contributed by atoms with van der Waals surface area (Å²) in [5.41, 5.74) is 2.80. The molecule has 1 atom stereocenters. The molecule has 1 aliphatic rings. The van der Waals surface area contributed by atoms with Crippen LogP contribution in [0.25, 0.3) is 0 Å². The smallest absolute Gasteiger partial charge is 0.0413 e. The minimum Gasteiger partial charge on any atom is -0.369 e. The van der Waals surface area contributed by atoms with Crippen LogP contribution in [0.15, 0.2) is 22.7 Å². The highest BCUT2D eigenvalue weighted by molar-refractivity contribution is 9.10. The molecule has 112 valence electrons. The Hall–Kier alpha value is -0.190. The second-order valence-electron chi connectivity index (χ2n) is 5.66. The van der Waals surface area contributed by atoms with E-state index in [1.807, 2.05) is 0 Å². The number of nitrogens with one attached hydrogen (secondary N) is 1. The summed E-state index contributed by atoms with van der Waals surface area (Å²) in [5.74, 6) is 1.24. The van der Waals surface area contributed by atoms with Gasteiger partial charge in [-0.3, -0.25) is 0 Å². The molecular formula is C16H25BrN2S. The molecule has 0 spiro atoms. The first kappa shape index (κ1) is 16.2. The Balaban J connectivity index is 2.16. The summed E-state index contributed by atoms with van der Waals surface area (Å²) in [6.07, 6.45) is 1.26. The maximum Gasteiger partial charge on any atom is 0.0413 e. The van der Waals surface area contributed by atoms with E-state index < -0.39 is 0 Å². The van der Waals surface area contributed by atoms with Crippen molar-refractivity contribution >= 4 is 33.4 Å². The van der Waals surface area contributed by atoms with Crippen LogP contribution in [0, 0.1) is 0 Å². The molecule has 0 aromatic heterocycles. The number of nitrogens with zero attached hydrogens (tertiary/aromatic N) is 1. The number of thioether (sulfide) groups is 1. The first-order chi connectivity index (χ1) is 9.60. The third-order valence-corrected chi connectivity index (χ3v) is 5.54. The van der Waals surface area contributed by atoms with Crippen molar-refractivity contribution in [2.75, 3.05) is 23.7 Å². The number of halogens is 1. The predicted octanol–water partition coefficient (Wildman–Crippen LogP) is 4.28. The first-order valence-electron chi connectivity index (χ1n) is 7.48. The summed E-state index contributed by atoms with van der Waals surface area (Å²) in [5, 5.41) is 4.32. The van der Waals surface area contributed by atoms with Crippen molar-refractivity contribution in [2.24, 2.45) is 0 Å². The van der Waals surface area contributed by atoms with E-state index in [-0.39, 0.29) is 0 Å². The SMILES string of the molecule is CCC1CN(c2ccc(Br)cc2CNC(C)C)CCS1. The molecule has 4 heteroatoms. The minimum atomic E-state index is 0.516. The van der Waals surface area contributed by atoms with Gasteiger partial charge in [-0.15, -0.1) is 0 Å². The van der Waals surface area contributed by atoms with E-state index in [1.54, 1.807) is 0 Å². The van der Waals surface area contributed by atoms with Gasteiger partial charge in [0.15, 0.2) is 0 Å². The number of hydrogen-bond acceptors (Lipinski definition) is 3. The second-order valence-corrected chi connectivity index (χ2v) is 7.98. The molecule has 0 aliphatic carbocycles. The van der Waals surface area contributed by atoms with E-state index >= 15 is 0 Å². The van der Waals surface area contributed by atoms with E-state index in [2.05, 4.69) is 76.9 Å². The van der Waals surface area contributed by atoms with Gasteiger partial charge in [0.1, 0.15) is 0 Å². The Kier molecular flexibility index (Phi) is 6.24. The average Bonchev–Trinajstić information content (AvgIpc) is 2.45. The van der Waals surface area contributed by atoms with Crippen molar-refractivity contribution in [1.29, 1.82) is 0 Å². The summed E-state index contributed by atoms with van der Waals surface area (Å²) in [4.78, 5) is 2.56. The summed E-state index contributed by atoms with van der Waals surface area (Å²) >= 11 is 5.72. The maximum absolute atomic E-state index is 3.60. The molecule has 1 fully saturated rings. The van der Waals surface area contributed by atoms with Crippen LogP contribution in [-0.2, 0) is 6.54 Å². The molecule has 1 N–H and O–H groups in total. The molecule has 1 unspecified atom stereocenters. The molecular weight excluding hydrogens is 332 g/mol. The highest BCUT2D eigenvalue weighted by atomic mass is 79.9. The monoisotopic (exact) mass is 356 g/mol. The molecule has 0 amide bonds. The van der Waals surface area contributed by atoms with Crippen LogP contribution in [0.5, 0.6) is 0 Å². The molecule has 1 saturated heterocycles. The van der Waals surface area contributed by atoms with Crippen LogP contribution in [0.2, 0.25) is 0 Å². The molecule has 1 heterocycles.